The lowest BCUT2D eigenvalue weighted by Gasteiger charge is -2.19. The third-order valence-electron chi connectivity index (χ3n) is 3.44. The Hall–Kier alpha value is -2.27. The van der Waals surface area contributed by atoms with Crippen molar-refractivity contribution in [1.82, 2.24) is 10.6 Å². The summed E-state index contributed by atoms with van der Waals surface area (Å²) in [4.78, 5) is 24.1. The molecule has 0 saturated heterocycles. The number of nitrogens with one attached hydrogen (secondary N) is 2. The summed E-state index contributed by atoms with van der Waals surface area (Å²) in [6.45, 7) is 3.73. The molecule has 0 radical (unpaired) electrons. The minimum absolute atomic E-state index is 0.0374. The summed E-state index contributed by atoms with van der Waals surface area (Å²) in [6.07, 6.45) is 0. The largest absolute Gasteiger partial charge is 0.451 e. The summed E-state index contributed by atoms with van der Waals surface area (Å²) in [7, 11) is 1.54. The third kappa shape index (κ3) is 4.13. The van der Waals surface area contributed by atoms with E-state index in [1.54, 1.807) is 24.3 Å². The highest BCUT2D eigenvalue weighted by Crippen LogP contribution is 2.24. The zero-order chi connectivity index (χ0) is 17.0. The predicted molar refractivity (Wildman–Crippen MR) is 89.3 cm³/mol. The van der Waals surface area contributed by atoms with Gasteiger partial charge in [-0.15, -0.1) is 0 Å². The van der Waals surface area contributed by atoms with Gasteiger partial charge in [0.25, 0.3) is 5.91 Å². The molecule has 0 aliphatic rings. The summed E-state index contributed by atoms with van der Waals surface area (Å²) < 4.78 is 5.58. The second-order valence-corrected chi connectivity index (χ2v) is 5.92. The van der Waals surface area contributed by atoms with Gasteiger partial charge in [0, 0.05) is 17.6 Å². The van der Waals surface area contributed by atoms with Crippen molar-refractivity contribution in [2.75, 3.05) is 7.05 Å². The Morgan fingerprint density at radius 3 is 2.30 bits per heavy atom. The van der Waals surface area contributed by atoms with Gasteiger partial charge in [-0.05, 0) is 42.3 Å². The molecule has 1 aromatic carbocycles. The van der Waals surface area contributed by atoms with Crippen LogP contribution in [0, 0.1) is 5.92 Å². The summed E-state index contributed by atoms with van der Waals surface area (Å²) in [5.74, 6) is 0.0206. The zero-order valence-corrected chi connectivity index (χ0v) is 14.0. The van der Waals surface area contributed by atoms with E-state index in [-0.39, 0.29) is 17.6 Å². The van der Waals surface area contributed by atoms with Crippen LogP contribution in [-0.2, 0) is 4.79 Å². The molecule has 0 aliphatic heterocycles. The summed E-state index contributed by atoms with van der Waals surface area (Å²) in [5, 5.41) is 5.86. The van der Waals surface area contributed by atoms with E-state index in [4.69, 9.17) is 16.0 Å². The smallest absolute Gasteiger partial charge is 0.287 e. The molecule has 122 valence electrons. The maximum absolute atomic E-state index is 12.3. The number of rotatable bonds is 5. The van der Waals surface area contributed by atoms with E-state index in [0.29, 0.717) is 10.8 Å². The van der Waals surface area contributed by atoms with Crippen LogP contribution in [0.25, 0.3) is 11.3 Å². The molecule has 2 amide bonds. The van der Waals surface area contributed by atoms with Gasteiger partial charge < -0.3 is 15.1 Å². The zero-order valence-electron chi connectivity index (χ0n) is 13.2. The van der Waals surface area contributed by atoms with Crippen LogP contribution in [0.1, 0.15) is 24.4 Å². The number of benzene rings is 1. The molecule has 1 heterocycles. The monoisotopic (exact) mass is 334 g/mol. The molecule has 6 heteroatoms. The number of carbonyl (C=O) groups is 2. The Morgan fingerprint density at radius 2 is 1.74 bits per heavy atom. The number of amides is 2. The molecule has 2 aromatic rings. The van der Waals surface area contributed by atoms with Crippen LogP contribution < -0.4 is 10.6 Å². The molecule has 1 atom stereocenters. The molecule has 0 aliphatic carbocycles. The van der Waals surface area contributed by atoms with Gasteiger partial charge in [0.1, 0.15) is 11.8 Å². The fourth-order valence-corrected chi connectivity index (χ4v) is 2.26. The van der Waals surface area contributed by atoms with Crippen LogP contribution in [0.15, 0.2) is 40.8 Å². The van der Waals surface area contributed by atoms with Gasteiger partial charge in [0.15, 0.2) is 5.76 Å². The van der Waals surface area contributed by atoms with Crippen LogP contribution in [0.4, 0.5) is 0 Å². The maximum Gasteiger partial charge on any atom is 0.287 e. The van der Waals surface area contributed by atoms with Gasteiger partial charge in [-0.25, -0.2) is 0 Å². The average molecular weight is 335 g/mol. The van der Waals surface area contributed by atoms with Crippen LogP contribution in [-0.4, -0.2) is 24.9 Å². The number of furan rings is 1. The highest BCUT2D eigenvalue weighted by atomic mass is 35.5. The van der Waals surface area contributed by atoms with Crippen LogP contribution >= 0.6 is 11.6 Å². The summed E-state index contributed by atoms with van der Waals surface area (Å²) in [6, 6.07) is 9.80. The van der Waals surface area contributed by atoms with Crippen molar-refractivity contribution in [3.63, 3.8) is 0 Å². The quantitative estimate of drug-likeness (QED) is 0.882. The Labute approximate surface area is 140 Å². The van der Waals surface area contributed by atoms with Gasteiger partial charge in [-0.3, -0.25) is 9.59 Å². The van der Waals surface area contributed by atoms with Crippen molar-refractivity contribution in [1.29, 1.82) is 0 Å². The summed E-state index contributed by atoms with van der Waals surface area (Å²) >= 11 is 5.85. The number of hydrogen-bond donors (Lipinski definition) is 2. The van der Waals surface area contributed by atoms with E-state index >= 15 is 0 Å². The van der Waals surface area contributed by atoms with Gasteiger partial charge >= 0.3 is 0 Å². The van der Waals surface area contributed by atoms with Crippen molar-refractivity contribution in [3.8, 4) is 11.3 Å². The highest BCUT2D eigenvalue weighted by Gasteiger charge is 2.25. The first-order chi connectivity index (χ1) is 10.9. The molecule has 0 spiro atoms. The molecule has 1 unspecified atom stereocenters. The SMILES string of the molecule is CNC(=O)C(NC(=O)c1ccc(-c2ccc(Cl)cc2)o1)C(C)C. The fraction of sp³-hybridized carbons (Fsp3) is 0.294. The second kappa shape index (κ2) is 7.33. The van der Waals surface area contributed by atoms with E-state index in [1.165, 1.54) is 7.05 Å². The normalized spacial score (nSPS) is 12.0. The molecule has 0 fully saturated rings. The Kier molecular flexibility index (Phi) is 5.45. The van der Waals surface area contributed by atoms with E-state index in [0.717, 1.165) is 5.56 Å². The maximum atomic E-state index is 12.3. The van der Waals surface area contributed by atoms with Crippen molar-refractivity contribution in [2.45, 2.75) is 19.9 Å². The first kappa shape index (κ1) is 17.1. The standard InChI is InChI=1S/C17H19ClN2O3/c1-10(2)15(17(22)19-3)20-16(21)14-9-8-13(23-14)11-4-6-12(18)7-5-11/h4-10,15H,1-3H3,(H,19,22)(H,20,21). The van der Waals surface area contributed by atoms with Gasteiger partial charge in [-0.2, -0.15) is 0 Å². The van der Waals surface area contributed by atoms with Crippen LogP contribution in [0.3, 0.4) is 0 Å². The molecule has 5 nitrogen and oxygen atoms in total. The fourth-order valence-electron chi connectivity index (χ4n) is 2.13. The van der Waals surface area contributed by atoms with Crippen molar-refractivity contribution in [2.24, 2.45) is 5.92 Å². The number of likely N-dealkylation sites (N-methyl/N-ethyl adjacent to an activating group) is 1. The lowest BCUT2D eigenvalue weighted by Crippen LogP contribution is -2.48. The van der Waals surface area contributed by atoms with Crippen molar-refractivity contribution < 1.29 is 14.0 Å². The second-order valence-electron chi connectivity index (χ2n) is 5.48. The molecule has 23 heavy (non-hydrogen) atoms. The Morgan fingerprint density at radius 1 is 1.09 bits per heavy atom. The lowest BCUT2D eigenvalue weighted by atomic mass is 10.0. The van der Waals surface area contributed by atoms with Crippen LogP contribution in [0.2, 0.25) is 5.02 Å². The molecular formula is C17H19ClN2O3. The molecular weight excluding hydrogens is 316 g/mol. The number of hydrogen-bond acceptors (Lipinski definition) is 3. The topological polar surface area (TPSA) is 71.3 Å². The first-order valence-corrected chi connectivity index (χ1v) is 7.68. The molecule has 0 saturated carbocycles. The van der Waals surface area contributed by atoms with E-state index in [2.05, 4.69) is 10.6 Å². The van der Waals surface area contributed by atoms with E-state index in [9.17, 15) is 9.59 Å². The van der Waals surface area contributed by atoms with E-state index in [1.807, 2.05) is 26.0 Å². The third-order valence-corrected chi connectivity index (χ3v) is 3.69. The minimum atomic E-state index is -0.614. The van der Waals surface area contributed by atoms with Crippen molar-refractivity contribution in [3.05, 3.63) is 47.2 Å². The Bertz CT molecular complexity index is 692. The van der Waals surface area contributed by atoms with Gasteiger partial charge in [0.05, 0.1) is 0 Å². The highest BCUT2D eigenvalue weighted by molar-refractivity contribution is 6.30. The average Bonchev–Trinajstić information content (AvgIpc) is 3.02. The number of carbonyl (C=O) groups excluding carboxylic acids is 2. The van der Waals surface area contributed by atoms with Crippen molar-refractivity contribution >= 4 is 23.4 Å². The van der Waals surface area contributed by atoms with Crippen LogP contribution in [0.5, 0.6) is 0 Å². The molecule has 2 rings (SSSR count). The first-order valence-electron chi connectivity index (χ1n) is 7.30. The Balaban J connectivity index is 2.14. The predicted octanol–water partition coefficient (Wildman–Crippen LogP) is 3.10. The number of halogens is 1. The molecule has 2 N–H and O–H groups in total. The minimum Gasteiger partial charge on any atom is -0.451 e. The van der Waals surface area contributed by atoms with Gasteiger partial charge in [0.2, 0.25) is 5.91 Å². The summed E-state index contributed by atoms with van der Waals surface area (Å²) in [5.41, 5.74) is 0.820. The molecule has 1 aromatic heterocycles. The van der Waals surface area contributed by atoms with Gasteiger partial charge in [-0.1, -0.05) is 25.4 Å². The lowest BCUT2D eigenvalue weighted by molar-refractivity contribution is -0.123. The molecule has 0 bridgehead atoms. The van der Waals surface area contributed by atoms with E-state index < -0.39 is 11.9 Å².